The molecule has 0 fully saturated rings. The summed E-state index contributed by atoms with van der Waals surface area (Å²) in [6, 6.07) is 20.6. The quantitative estimate of drug-likeness (QED) is 0.300. The Morgan fingerprint density at radius 1 is 0.923 bits per heavy atom. The number of ether oxygens (including phenoxy) is 2. The summed E-state index contributed by atoms with van der Waals surface area (Å²) in [7, 11) is 0. The van der Waals surface area contributed by atoms with Crippen molar-refractivity contribution in [3.8, 4) is 17.2 Å². The molecule has 3 N–H and O–H groups in total. The van der Waals surface area contributed by atoms with Crippen LogP contribution in [0.1, 0.15) is 12.0 Å². The maximum Gasteiger partial charge on any atom is 0.231 e. The van der Waals surface area contributed by atoms with Gasteiger partial charge in [0.05, 0.1) is 6.20 Å². The van der Waals surface area contributed by atoms with Crippen molar-refractivity contribution in [2.75, 3.05) is 5.73 Å². The van der Waals surface area contributed by atoms with Gasteiger partial charge in [-0.3, -0.25) is 0 Å². The zero-order valence-corrected chi connectivity index (χ0v) is 14.1. The molecule has 6 nitrogen and oxygen atoms in total. The Hall–Kier alpha value is -3.54. The van der Waals surface area contributed by atoms with Gasteiger partial charge >= 0.3 is 0 Å². The van der Waals surface area contributed by atoms with Crippen LogP contribution in [-0.2, 0) is 6.42 Å². The molecule has 3 aromatic rings. The largest absolute Gasteiger partial charge is 0.457 e. The molecule has 1 heterocycles. The minimum atomic E-state index is 0.209. The lowest BCUT2D eigenvalue weighted by Gasteiger charge is -2.08. The Morgan fingerprint density at radius 3 is 2.27 bits per heavy atom. The van der Waals surface area contributed by atoms with Gasteiger partial charge in [0.1, 0.15) is 23.1 Å². The van der Waals surface area contributed by atoms with Gasteiger partial charge in [0, 0.05) is 6.42 Å². The van der Waals surface area contributed by atoms with Crippen molar-refractivity contribution in [1.29, 1.82) is 0 Å². The summed E-state index contributed by atoms with van der Waals surface area (Å²) in [6.07, 6.45) is 2.59. The van der Waals surface area contributed by atoms with Gasteiger partial charge < -0.3 is 20.4 Å². The van der Waals surface area contributed by atoms with Crippen molar-refractivity contribution >= 4 is 11.7 Å². The Kier molecular flexibility index (Phi) is 5.67. The first-order chi connectivity index (χ1) is 12.7. The number of anilines is 1. The zero-order valence-electron chi connectivity index (χ0n) is 14.1. The predicted molar refractivity (Wildman–Crippen MR) is 99.8 cm³/mol. The number of nitrogens with two attached hydrogens (primary N) is 1. The maximum atomic E-state index is 9.13. The predicted octanol–water partition coefficient (Wildman–Crippen LogP) is 4.26. The second-order valence-electron chi connectivity index (χ2n) is 5.57. The fourth-order valence-electron chi connectivity index (χ4n) is 2.31. The van der Waals surface area contributed by atoms with Gasteiger partial charge in [-0.15, -0.1) is 0 Å². The summed E-state index contributed by atoms with van der Waals surface area (Å²) in [5, 5.41) is 12.3. The number of oxime groups is 1. The minimum absolute atomic E-state index is 0.209. The monoisotopic (exact) mass is 349 g/mol. The summed E-state index contributed by atoms with van der Waals surface area (Å²) >= 11 is 0. The van der Waals surface area contributed by atoms with Gasteiger partial charge in [0.15, 0.2) is 0 Å². The van der Waals surface area contributed by atoms with Gasteiger partial charge in [-0.25, -0.2) is 4.98 Å². The van der Waals surface area contributed by atoms with Crippen LogP contribution in [0, 0.1) is 0 Å². The first-order valence-corrected chi connectivity index (χ1v) is 8.15. The summed E-state index contributed by atoms with van der Waals surface area (Å²) in [6.45, 7) is 0. The van der Waals surface area contributed by atoms with E-state index in [1.807, 2.05) is 54.6 Å². The molecule has 26 heavy (non-hydrogen) atoms. The van der Waals surface area contributed by atoms with E-state index in [1.165, 1.54) is 6.20 Å². The van der Waals surface area contributed by atoms with Gasteiger partial charge in [-0.05, 0) is 48.4 Å². The molecule has 0 saturated heterocycles. The van der Waals surface area contributed by atoms with Crippen LogP contribution in [0.3, 0.4) is 0 Å². The molecule has 0 atom stereocenters. The molecule has 0 saturated carbocycles. The molecule has 132 valence electrons. The van der Waals surface area contributed by atoms with Crippen LogP contribution in [0.2, 0.25) is 0 Å². The van der Waals surface area contributed by atoms with E-state index in [4.69, 9.17) is 20.4 Å². The topological polar surface area (TPSA) is 90.0 Å². The average molecular weight is 349 g/mol. The number of aryl methyl sites for hydroxylation is 1. The minimum Gasteiger partial charge on any atom is -0.457 e. The Morgan fingerprint density at radius 2 is 1.62 bits per heavy atom. The smallest absolute Gasteiger partial charge is 0.231 e. The van der Waals surface area contributed by atoms with Gasteiger partial charge in [-0.2, -0.15) is 0 Å². The molecule has 0 amide bonds. The second-order valence-corrected chi connectivity index (χ2v) is 5.57. The SMILES string of the molecule is Nc1ccc(O/C(CCc2ccc(Oc3ccccc3)cc2)=N/O)cn1. The van der Waals surface area contributed by atoms with Crippen molar-refractivity contribution in [2.45, 2.75) is 12.8 Å². The average Bonchev–Trinajstić information content (AvgIpc) is 2.68. The summed E-state index contributed by atoms with van der Waals surface area (Å²) in [5.74, 6) is 2.64. The molecular formula is C20H19N3O3. The van der Waals surface area contributed by atoms with Crippen LogP contribution >= 0.6 is 0 Å². The molecular weight excluding hydrogens is 330 g/mol. The third kappa shape index (κ3) is 4.98. The van der Waals surface area contributed by atoms with E-state index in [-0.39, 0.29) is 5.90 Å². The summed E-state index contributed by atoms with van der Waals surface area (Å²) < 4.78 is 11.3. The molecule has 2 aromatic carbocycles. The number of rotatable bonds is 6. The number of hydrogen-bond donors (Lipinski definition) is 2. The number of hydrogen-bond acceptors (Lipinski definition) is 6. The fraction of sp³-hybridized carbons (Fsp3) is 0.100. The Balaban J connectivity index is 1.54. The van der Waals surface area contributed by atoms with E-state index in [2.05, 4.69) is 10.1 Å². The van der Waals surface area contributed by atoms with Crippen LogP contribution in [0.4, 0.5) is 5.82 Å². The van der Waals surface area contributed by atoms with E-state index < -0.39 is 0 Å². The third-order valence-electron chi connectivity index (χ3n) is 3.64. The molecule has 3 rings (SSSR count). The molecule has 1 aromatic heterocycles. The lowest BCUT2D eigenvalue weighted by Crippen LogP contribution is -2.10. The number of nitrogens with zero attached hydrogens (tertiary/aromatic N) is 2. The highest BCUT2D eigenvalue weighted by molar-refractivity contribution is 5.78. The molecule has 0 aliphatic heterocycles. The third-order valence-corrected chi connectivity index (χ3v) is 3.64. The van der Waals surface area contributed by atoms with E-state index in [9.17, 15) is 0 Å². The molecule has 6 heteroatoms. The molecule has 0 aliphatic carbocycles. The number of para-hydroxylation sites is 1. The zero-order chi connectivity index (χ0) is 18.2. The number of benzene rings is 2. The van der Waals surface area contributed by atoms with Crippen molar-refractivity contribution in [2.24, 2.45) is 5.16 Å². The molecule has 0 spiro atoms. The van der Waals surface area contributed by atoms with Crippen LogP contribution in [0.15, 0.2) is 78.1 Å². The Bertz CT molecular complexity index is 848. The summed E-state index contributed by atoms with van der Waals surface area (Å²) in [5.41, 5.74) is 6.60. The lowest BCUT2D eigenvalue weighted by atomic mass is 10.1. The molecule has 0 aliphatic rings. The Labute approximate surface area is 151 Å². The van der Waals surface area contributed by atoms with Crippen molar-refractivity contribution in [3.63, 3.8) is 0 Å². The van der Waals surface area contributed by atoms with Gasteiger partial charge in [0.25, 0.3) is 0 Å². The standard InChI is InChI=1S/C20H19N3O3/c21-19-12-11-18(14-22-19)26-20(23-24)13-8-15-6-9-17(10-7-15)25-16-4-2-1-3-5-16/h1-7,9-12,14,24H,8,13H2,(H2,21,22)/b23-20+. The van der Waals surface area contributed by atoms with E-state index >= 15 is 0 Å². The highest BCUT2D eigenvalue weighted by Gasteiger charge is 2.06. The van der Waals surface area contributed by atoms with E-state index in [1.54, 1.807) is 12.1 Å². The second kappa shape index (κ2) is 8.53. The number of aromatic nitrogens is 1. The van der Waals surface area contributed by atoms with Crippen LogP contribution in [-0.4, -0.2) is 16.1 Å². The van der Waals surface area contributed by atoms with E-state index in [0.29, 0.717) is 24.4 Å². The van der Waals surface area contributed by atoms with Gasteiger partial charge in [-0.1, -0.05) is 35.5 Å². The maximum absolute atomic E-state index is 9.13. The highest BCUT2D eigenvalue weighted by Crippen LogP contribution is 2.21. The normalized spacial score (nSPS) is 11.2. The summed E-state index contributed by atoms with van der Waals surface area (Å²) in [4.78, 5) is 3.93. The first kappa shape index (κ1) is 17.3. The van der Waals surface area contributed by atoms with Crippen molar-refractivity contribution < 1.29 is 14.7 Å². The van der Waals surface area contributed by atoms with Crippen LogP contribution < -0.4 is 15.2 Å². The van der Waals surface area contributed by atoms with Crippen LogP contribution in [0.5, 0.6) is 17.2 Å². The van der Waals surface area contributed by atoms with Crippen molar-refractivity contribution in [1.82, 2.24) is 4.98 Å². The molecule has 0 radical (unpaired) electrons. The van der Waals surface area contributed by atoms with Crippen molar-refractivity contribution in [3.05, 3.63) is 78.5 Å². The fourth-order valence-corrected chi connectivity index (χ4v) is 2.31. The lowest BCUT2D eigenvalue weighted by molar-refractivity contribution is 0.300. The number of pyridine rings is 1. The highest BCUT2D eigenvalue weighted by atomic mass is 16.5. The molecule has 0 unspecified atom stereocenters. The van der Waals surface area contributed by atoms with Crippen LogP contribution in [0.25, 0.3) is 0 Å². The first-order valence-electron chi connectivity index (χ1n) is 8.15. The molecule has 0 bridgehead atoms. The van der Waals surface area contributed by atoms with E-state index in [0.717, 1.165) is 17.1 Å². The van der Waals surface area contributed by atoms with Gasteiger partial charge in [0.2, 0.25) is 5.90 Å². The number of nitrogen functional groups attached to an aromatic ring is 1.